The average Bonchev–Trinajstić information content (AvgIpc) is 3.12. The lowest BCUT2D eigenvalue weighted by molar-refractivity contribution is 0.0510. The summed E-state index contributed by atoms with van der Waals surface area (Å²) in [6.45, 7) is 3.74. The van der Waals surface area contributed by atoms with Crippen LogP contribution in [0.25, 0.3) is 0 Å². The third-order valence-corrected chi connectivity index (χ3v) is 5.31. The fourth-order valence-electron chi connectivity index (χ4n) is 3.73. The molecule has 1 aromatic heterocycles. The summed E-state index contributed by atoms with van der Waals surface area (Å²) in [5, 5.41) is 4.02. The summed E-state index contributed by atoms with van der Waals surface area (Å²) in [7, 11) is 0. The number of esters is 1. The van der Waals surface area contributed by atoms with E-state index in [9.17, 15) is 13.6 Å². The van der Waals surface area contributed by atoms with Gasteiger partial charge in [-0.25, -0.2) is 18.3 Å². The Balaban J connectivity index is 1.53. The number of carbonyl (C=O) groups is 1. The molecule has 0 aliphatic carbocycles. The van der Waals surface area contributed by atoms with E-state index >= 15 is 0 Å². The molecule has 5 nitrogen and oxygen atoms in total. The minimum Gasteiger partial charge on any atom is -0.462 e. The molecule has 3 rings (SSSR count). The molecule has 0 atom stereocenters. The molecule has 1 aromatic carbocycles. The number of rotatable bonds is 8. The molecule has 1 aliphatic rings. The zero-order valence-electron chi connectivity index (χ0n) is 16.2. The van der Waals surface area contributed by atoms with Crippen LogP contribution in [0.4, 0.5) is 8.78 Å². The first-order chi connectivity index (χ1) is 13.6. The molecular weight excluding hydrogens is 364 g/mol. The molecule has 28 heavy (non-hydrogen) atoms. The fraction of sp³-hybridized carbons (Fsp3) is 0.524. The largest absolute Gasteiger partial charge is 0.462 e. The number of aryl methyl sites for hydroxylation is 1. The second kappa shape index (κ2) is 9.78. The van der Waals surface area contributed by atoms with Crippen LogP contribution in [-0.2, 0) is 17.8 Å². The topological polar surface area (TPSA) is 47.4 Å². The minimum absolute atomic E-state index is 0.142. The van der Waals surface area contributed by atoms with Gasteiger partial charge in [0.25, 0.3) is 6.43 Å². The molecular formula is C21H27F2N3O2. The van der Waals surface area contributed by atoms with Crippen LogP contribution in [0.5, 0.6) is 0 Å². The molecule has 0 amide bonds. The van der Waals surface area contributed by atoms with Crippen molar-refractivity contribution in [3.8, 4) is 0 Å². The summed E-state index contributed by atoms with van der Waals surface area (Å²) in [6.07, 6.45) is 2.72. The van der Waals surface area contributed by atoms with E-state index in [2.05, 4.69) is 34.3 Å². The van der Waals surface area contributed by atoms with Crippen molar-refractivity contribution in [1.29, 1.82) is 0 Å². The number of piperidine rings is 1. The van der Waals surface area contributed by atoms with Crippen LogP contribution in [-0.4, -0.2) is 40.3 Å². The Morgan fingerprint density at radius 3 is 2.61 bits per heavy atom. The molecule has 1 aliphatic heterocycles. The summed E-state index contributed by atoms with van der Waals surface area (Å²) < 4.78 is 33.1. The second-order valence-corrected chi connectivity index (χ2v) is 7.19. The van der Waals surface area contributed by atoms with Crippen molar-refractivity contribution in [2.24, 2.45) is 5.92 Å². The standard InChI is InChI=1S/C21H27F2N3O2/c1-2-28-21(27)18-14-24-26(19(18)20(22)23)15-25-12-10-17(11-13-25)9-8-16-6-4-3-5-7-16/h3-7,14,17,20H,2,8-13,15H2,1H3. The second-order valence-electron chi connectivity index (χ2n) is 7.19. The highest BCUT2D eigenvalue weighted by molar-refractivity contribution is 5.90. The van der Waals surface area contributed by atoms with E-state index in [0.29, 0.717) is 5.92 Å². The number of alkyl halides is 2. The van der Waals surface area contributed by atoms with Crippen molar-refractivity contribution in [2.45, 2.75) is 45.7 Å². The van der Waals surface area contributed by atoms with Crippen LogP contribution >= 0.6 is 0 Å². The van der Waals surface area contributed by atoms with Crippen LogP contribution in [0.3, 0.4) is 0 Å². The molecule has 0 spiro atoms. The number of hydrogen-bond acceptors (Lipinski definition) is 4. The molecule has 0 unspecified atom stereocenters. The average molecular weight is 391 g/mol. The zero-order chi connectivity index (χ0) is 19.9. The maximum Gasteiger partial charge on any atom is 0.341 e. The van der Waals surface area contributed by atoms with Crippen molar-refractivity contribution >= 4 is 5.97 Å². The number of nitrogens with zero attached hydrogens (tertiary/aromatic N) is 3. The number of benzene rings is 1. The number of ether oxygens (including phenoxy) is 1. The van der Waals surface area contributed by atoms with Crippen molar-refractivity contribution in [3.63, 3.8) is 0 Å². The molecule has 2 aromatic rings. The number of aromatic nitrogens is 2. The van der Waals surface area contributed by atoms with E-state index in [1.54, 1.807) is 6.92 Å². The van der Waals surface area contributed by atoms with Crippen molar-refractivity contribution in [1.82, 2.24) is 14.7 Å². The molecule has 0 bridgehead atoms. The predicted octanol–water partition coefficient (Wildman–Crippen LogP) is 4.30. The molecule has 1 saturated heterocycles. The Morgan fingerprint density at radius 2 is 1.96 bits per heavy atom. The Hall–Kier alpha value is -2.28. The lowest BCUT2D eigenvalue weighted by Gasteiger charge is -2.32. The highest BCUT2D eigenvalue weighted by atomic mass is 19.3. The smallest absolute Gasteiger partial charge is 0.341 e. The van der Waals surface area contributed by atoms with Gasteiger partial charge >= 0.3 is 5.97 Å². The molecule has 152 valence electrons. The van der Waals surface area contributed by atoms with Crippen LogP contribution < -0.4 is 0 Å². The molecule has 2 heterocycles. The van der Waals surface area contributed by atoms with Gasteiger partial charge in [0.15, 0.2) is 0 Å². The molecule has 0 radical (unpaired) electrons. The SMILES string of the molecule is CCOC(=O)c1cnn(CN2CCC(CCc3ccccc3)CC2)c1C(F)F. The Kier molecular flexibility index (Phi) is 7.14. The molecule has 7 heteroatoms. The van der Waals surface area contributed by atoms with Crippen LogP contribution in [0.2, 0.25) is 0 Å². The monoisotopic (exact) mass is 391 g/mol. The summed E-state index contributed by atoms with van der Waals surface area (Å²) >= 11 is 0. The first kappa shape index (κ1) is 20.5. The van der Waals surface area contributed by atoms with Gasteiger partial charge in [0, 0.05) is 13.1 Å². The first-order valence-electron chi connectivity index (χ1n) is 9.85. The van der Waals surface area contributed by atoms with Crippen molar-refractivity contribution < 1.29 is 18.3 Å². The van der Waals surface area contributed by atoms with Crippen LogP contribution in [0, 0.1) is 5.92 Å². The van der Waals surface area contributed by atoms with Gasteiger partial charge in [0.2, 0.25) is 0 Å². The van der Waals surface area contributed by atoms with Gasteiger partial charge in [-0.3, -0.25) is 4.90 Å². The molecule has 0 N–H and O–H groups in total. The number of halogens is 2. The minimum atomic E-state index is -2.77. The third-order valence-electron chi connectivity index (χ3n) is 5.31. The molecule has 0 saturated carbocycles. The molecule has 1 fully saturated rings. The highest BCUT2D eigenvalue weighted by Gasteiger charge is 2.27. The van der Waals surface area contributed by atoms with E-state index in [0.717, 1.165) is 38.8 Å². The summed E-state index contributed by atoms with van der Waals surface area (Å²) in [5.74, 6) is -0.0950. The van der Waals surface area contributed by atoms with Crippen LogP contribution in [0.15, 0.2) is 36.5 Å². The van der Waals surface area contributed by atoms with Gasteiger partial charge in [-0.15, -0.1) is 0 Å². The van der Waals surface area contributed by atoms with Gasteiger partial charge in [0.1, 0.15) is 11.3 Å². The highest BCUT2D eigenvalue weighted by Crippen LogP contribution is 2.26. The van der Waals surface area contributed by atoms with Crippen molar-refractivity contribution in [2.75, 3.05) is 19.7 Å². The fourth-order valence-corrected chi connectivity index (χ4v) is 3.73. The van der Waals surface area contributed by atoms with E-state index in [4.69, 9.17) is 4.74 Å². The maximum absolute atomic E-state index is 13.5. The zero-order valence-corrected chi connectivity index (χ0v) is 16.2. The summed E-state index contributed by atoms with van der Waals surface area (Å²) in [4.78, 5) is 14.0. The van der Waals surface area contributed by atoms with E-state index < -0.39 is 12.4 Å². The summed E-state index contributed by atoms with van der Waals surface area (Å²) in [5.41, 5.74) is 0.855. The van der Waals surface area contributed by atoms with Gasteiger partial charge in [-0.2, -0.15) is 5.10 Å². The Labute approximate surface area is 164 Å². The quantitative estimate of drug-likeness (QED) is 0.630. The normalized spacial score (nSPS) is 15.9. The summed E-state index contributed by atoms with van der Waals surface area (Å²) in [6, 6.07) is 10.5. The number of likely N-dealkylation sites (tertiary alicyclic amines) is 1. The van der Waals surface area contributed by atoms with Gasteiger partial charge in [-0.1, -0.05) is 30.3 Å². The third kappa shape index (κ3) is 5.16. The van der Waals surface area contributed by atoms with E-state index in [1.165, 1.54) is 16.4 Å². The number of carbonyl (C=O) groups excluding carboxylic acids is 1. The number of hydrogen-bond donors (Lipinski definition) is 0. The van der Waals surface area contributed by atoms with Gasteiger partial charge in [-0.05, 0) is 44.1 Å². The maximum atomic E-state index is 13.5. The van der Waals surface area contributed by atoms with Gasteiger partial charge < -0.3 is 4.74 Å². The van der Waals surface area contributed by atoms with E-state index in [1.807, 2.05) is 6.07 Å². The lowest BCUT2D eigenvalue weighted by Crippen LogP contribution is -2.36. The first-order valence-corrected chi connectivity index (χ1v) is 9.85. The lowest BCUT2D eigenvalue weighted by atomic mass is 9.91. The predicted molar refractivity (Wildman–Crippen MR) is 102 cm³/mol. The Bertz CT molecular complexity index is 756. The van der Waals surface area contributed by atoms with E-state index in [-0.39, 0.29) is 24.5 Å². The van der Waals surface area contributed by atoms with Gasteiger partial charge in [0.05, 0.1) is 19.5 Å². The van der Waals surface area contributed by atoms with Crippen LogP contribution in [0.1, 0.15) is 54.2 Å². The van der Waals surface area contributed by atoms with Crippen molar-refractivity contribution in [3.05, 3.63) is 53.3 Å². The Morgan fingerprint density at radius 1 is 1.25 bits per heavy atom.